The molecule has 0 fully saturated rings. The molecule has 0 rings (SSSR count). The van der Waals surface area contributed by atoms with Crippen molar-refractivity contribution in [3.05, 3.63) is 5.76 Å². The van der Waals surface area contributed by atoms with Gasteiger partial charge >= 0.3 is 0 Å². The van der Waals surface area contributed by atoms with Crippen molar-refractivity contribution in [3.8, 4) is 0 Å². The topological polar surface area (TPSA) is 52.3 Å². The molecule has 3 heteroatoms. The first kappa shape index (κ1) is 7.21. The van der Waals surface area contributed by atoms with Crippen LogP contribution in [-0.2, 0) is 9.53 Å². The SMILES string of the molecule is COC(=C=O)C(C)N. The number of nitrogens with two attached hydrogens (primary N) is 1. The Morgan fingerprint density at radius 2 is 2.38 bits per heavy atom. The van der Waals surface area contributed by atoms with Crippen LogP contribution in [0, 0.1) is 0 Å². The predicted molar refractivity (Wildman–Crippen MR) is 29.9 cm³/mol. The smallest absolute Gasteiger partial charge is 0.195 e. The molecule has 0 aromatic rings. The highest BCUT2D eigenvalue weighted by Gasteiger charge is 2.01. The molecule has 1 atom stereocenters. The van der Waals surface area contributed by atoms with E-state index < -0.39 is 0 Å². The maximum Gasteiger partial charge on any atom is 0.195 e. The number of methoxy groups -OCH3 is 1. The Morgan fingerprint density at radius 1 is 1.88 bits per heavy atom. The molecule has 0 amide bonds. The molecule has 8 heavy (non-hydrogen) atoms. The van der Waals surface area contributed by atoms with E-state index in [0.29, 0.717) is 0 Å². The lowest BCUT2D eigenvalue weighted by atomic mass is 10.3. The van der Waals surface area contributed by atoms with E-state index in [1.54, 1.807) is 12.9 Å². The van der Waals surface area contributed by atoms with E-state index in [-0.39, 0.29) is 11.8 Å². The molecule has 0 aromatic carbocycles. The summed E-state index contributed by atoms with van der Waals surface area (Å²) in [7, 11) is 1.39. The summed E-state index contributed by atoms with van der Waals surface area (Å²) in [5.74, 6) is 1.73. The Kier molecular flexibility index (Phi) is 2.92. The van der Waals surface area contributed by atoms with E-state index in [0.717, 1.165) is 0 Å². The highest BCUT2D eigenvalue weighted by atomic mass is 16.5. The van der Waals surface area contributed by atoms with Gasteiger partial charge in [0.15, 0.2) is 11.7 Å². The summed E-state index contributed by atoms with van der Waals surface area (Å²) in [6.45, 7) is 1.66. The standard InChI is InChI=1S/C5H9NO2/c1-4(6)5(3-7)8-2/h4H,6H2,1-2H3. The van der Waals surface area contributed by atoms with Gasteiger partial charge < -0.3 is 10.5 Å². The van der Waals surface area contributed by atoms with Gasteiger partial charge in [0.05, 0.1) is 13.2 Å². The Labute approximate surface area is 48.1 Å². The van der Waals surface area contributed by atoms with Crippen LogP contribution in [-0.4, -0.2) is 19.1 Å². The summed E-state index contributed by atoms with van der Waals surface area (Å²) in [6, 6.07) is -0.350. The summed E-state index contributed by atoms with van der Waals surface area (Å²) >= 11 is 0. The minimum atomic E-state index is -0.350. The largest absolute Gasteiger partial charge is 0.488 e. The molecule has 0 saturated heterocycles. The molecular weight excluding hydrogens is 106 g/mol. The second kappa shape index (κ2) is 3.24. The fourth-order valence-electron chi connectivity index (χ4n) is 0.321. The Hall–Kier alpha value is -0.790. The molecular formula is C5H9NO2. The van der Waals surface area contributed by atoms with Gasteiger partial charge in [0.1, 0.15) is 0 Å². The molecule has 0 spiro atoms. The average Bonchev–Trinajstić information content (AvgIpc) is 1.69. The first-order chi connectivity index (χ1) is 3.72. The zero-order valence-electron chi connectivity index (χ0n) is 4.97. The Bertz CT molecular complexity index is 114. The van der Waals surface area contributed by atoms with Crippen molar-refractivity contribution in [2.24, 2.45) is 5.73 Å². The fourth-order valence-corrected chi connectivity index (χ4v) is 0.321. The average molecular weight is 115 g/mol. The van der Waals surface area contributed by atoms with Gasteiger partial charge in [-0.1, -0.05) is 0 Å². The highest BCUT2D eigenvalue weighted by Crippen LogP contribution is 1.91. The summed E-state index contributed by atoms with van der Waals surface area (Å²) in [5.41, 5.74) is 5.23. The third kappa shape index (κ3) is 1.78. The predicted octanol–water partition coefficient (Wildman–Crippen LogP) is -0.305. The van der Waals surface area contributed by atoms with Crippen molar-refractivity contribution in [2.75, 3.05) is 7.11 Å². The summed E-state index contributed by atoms with van der Waals surface area (Å²) in [6.07, 6.45) is 0. The highest BCUT2D eigenvalue weighted by molar-refractivity contribution is 5.50. The van der Waals surface area contributed by atoms with E-state index in [9.17, 15) is 4.79 Å². The number of hydrogen-bond acceptors (Lipinski definition) is 3. The monoisotopic (exact) mass is 115 g/mol. The quantitative estimate of drug-likeness (QED) is 0.397. The van der Waals surface area contributed by atoms with Crippen LogP contribution >= 0.6 is 0 Å². The molecule has 1 unspecified atom stereocenters. The second-order valence-electron chi connectivity index (χ2n) is 1.46. The van der Waals surface area contributed by atoms with Crippen LogP contribution in [0.1, 0.15) is 6.92 Å². The van der Waals surface area contributed by atoms with Gasteiger partial charge in [-0.25, -0.2) is 4.79 Å². The van der Waals surface area contributed by atoms with Crippen LogP contribution in [0.25, 0.3) is 0 Å². The molecule has 0 radical (unpaired) electrons. The van der Waals surface area contributed by atoms with Crippen molar-refractivity contribution in [2.45, 2.75) is 13.0 Å². The van der Waals surface area contributed by atoms with Gasteiger partial charge in [-0.3, -0.25) is 0 Å². The lowest BCUT2D eigenvalue weighted by molar-refractivity contribution is 0.272. The maximum atomic E-state index is 9.81. The number of ether oxygens (including phenoxy) is 1. The molecule has 0 aromatic heterocycles. The molecule has 2 N–H and O–H groups in total. The van der Waals surface area contributed by atoms with Crippen LogP contribution in [0.3, 0.4) is 0 Å². The van der Waals surface area contributed by atoms with Crippen LogP contribution in [0.15, 0.2) is 5.76 Å². The summed E-state index contributed by atoms with van der Waals surface area (Å²) in [4.78, 5) is 9.81. The van der Waals surface area contributed by atoms with Gasteiger partial charge in [-0.15, -0.1) is 0 Å². The van der Waals surface area contributed by atoms with Gasteiger partial charge in [0.2, 0.25) is 0 Å². The first-order valence-electron chi connectivity index (χ1n) is 2.27. The van der Waals surface area contributed by atoms with E-state index in [2.05, 4.69) is 4.74 Å². The molecule has 0 heterocycles. The molecule has 46 valence electrons. The van der Waals surface area contributed by atoms with Crippen molar-refractivity contribution in [1.82, 2.24) is 0 Å². The third-order valence-electron chi connectivity index (χ3n) is 0.734. The molecule has 0 saturated carbocycles. The van der Waals surface area contributed by atoms with Crippen molar-refractivity contribution in [3.63, 3.8) is 0 Å². The molecule has 3 nitrogen and oxygen atoms in total. The fraction of sp³-hybridized carbons (Fsp3) is 0.600. The van der Waals surface area contributed by atoms with Crippen LogP contribution in [0.4, 0.5) is 0 Å². The second-order valence-corrected chi connectivity index (χ2v) is 1.46. The minimum absolute atomic E-state index is 0.157. The van der Waals surface area contributed by atoms with Crippen LogP contribution in [0.2, 0.25) is 0 Å². The minimum Gasteiger partial charge on any atom is -0.488 e. The molecule has 0 aliphatic carbocycles. The van der Waals surface area contributed by atoms with Crippen molar-refractivity contribution >= 4 is 5.94 Å². The lowest BCUT2D eigenvalue weighted by Gasteiger charge is -2.02. The van der Waals surface area contributed by atoms with Gasteiger partial charge in [0.25, 0.3) is 0 Å². The molecule has 0 bridgehead atoms. The lowest BCUT2D eigenvalue weighted by Crippen LogP contribution is -2.19. The Balaban J connectivity index is 3.92. The number of hydrogen-bond donors (Lipinski definition) is 1. The first-order valence-corrected chi connectivity index (χ1v) is 2.27. The van der Waals surface area contributed by atoms with E-state index in [1.165, 1.54) is 7.11 Å². The van der Waals surface area contributed by atoms with Gasteiger partial charge in [-0.2, -0.15) is 0 Å². The van der Waals surface area contributed by atoms with E-state index >= 15 is 0 Å². The van der Waals surface area contributed by atoms with Gasteiger partial charge in [-0.05, 0) is 6.92 Å². The number of rotatable bonds is 2. The zero-order chi connectivity index (χ0) is 6.57. The third-order valence-corrected chi connectivity index (χ3v) is 0.734. The molecule has 0 aliphatic rings. The van der Waals surface area contributed by atoms with Crippen molar-refractivity contribution in [1.29, 1.82) is 0 Å². The van der Waals surface area contributed by atoms with Crippen LogP contribution in [0.5, 0.6) is 0 Å². The van der Waals surface area contributed by atoms with Crippen molar-refractivity contribution < 1.29 is 9.53 Å². The zero-order valence-corrected chi connectivity index (χ0v) is 4.97. The summed E-state index contributed by atoms with van der Waals surface area (Å²) < 4.78 is 4.53. The van der Waals surface area contributed by atoms with Crippen LogP contribution < -0.4 is 5.73 Å². The summed E-state index contributed by atoms with van der Waals surface area (Å²) in [5, 5.41) is 0. The van der Waals surface area contributed by atoms with E-state index in [1.807, 2.05) is 0 Å². The number of carbonyl (C=O) groups excluding carboxylic acids is 1. The normalized spacial score (nSPS) is 11.9. The van der Waals surface area contributed by atoms with Gasteiger partial charge in [0, 0.05) is 0 Å². The molecule has 0 aliphatic heterocycles. The Morgan fingerprint density at radius 3 is 2.38 bits per heavy atom. The van der Waals surface area contributed by atoms with E-state index in [4.69, 9.17) is 5.73 Å². The maximum absolute atomic E-state index is 9.81.